The van der Waals surface area contributed by atoms with Gasteiger partial charge in [-0.1, -0.05) is 6.07 Å². The summed E-state index contributed by atoms with van der Waals surface area (Å²) in [5, 5.41) is 3.69. The largest absolute Gasteiger partial charge is 0.491 e. The minimum absolute atomic E-state index is 0.157. The van der Waals surface area contributed by atoms with Gasteiger partial charge in [0.25, 0.3) is 5.56 Å². The predicted molar refractivity (Wildman–Crippen MR) is 158 cm³/mol. The van der Waals surface area contributed by atoms with Crippen LogP contribution in [-0.4, -0.2) is 55.6 Å². The third-order valence-corrected chi connectivity index (χ3v) is 9.28. The van der Waals surface area contributed by atoms with Crippen molar-refractivity contribution in [3.8, 4) is 28.4 Å². The molecule has 0 bridgehead atoms. The van der Waals surface area contributed by atoms with E-state index in [2.05, 4.69) is 15.0 Å². The Morgan fingerprint density at radius 3 is 2.59 bits per heavy atom. The number of hydrogen-bond donors (Lipinski definition) is 3. The molecule has 0 unspecified atom stereocenters. The first kappa shape index (κ1) is 27.4. The van der Waals surface area contributed by atoms with Crippen LogP contribution in [0.15, 0.2) is 65.7 Å². The summed E-state index contributed by atoms with van der Waals surface area (Å²) >= 11 is 0. The summed E-state index contributed by atoms with van der Waals surface area (Å²) in [6.45, 7) is 2.90. The number of sulfonamides is 1. The summed E-state index contributed by atoms with van der Waals surface area (Å²) in [4.78, 5) is 15.7. The molecule has 0 spiro atoms. The van der Waals surface area contributed by atoms with Crippen LogP contribution in [0.5, 0.6) is 17.2 Å². The molecule has 2 aliphatic rings. The molecule has 10 nitrogen and oxygen atoms in total. The maximum absolute atomic E-state index is 12.7. The monoisotopic (exact) mass is 578 g/mol. The topological polar surface area (TPSA) is 124 Å². The van der Waals surface area contributed by atoms with E-state index >= 15 is 0 Å². The zero-order valence-corrected chi connectivity index (χ0v) is 23.7. The third-order valence-electron chi connectivity index (χ3n) is 7.41. The molecular weight excluding hydrogens is 544 g/mol. The van der Waals surface area contributed by atoms with E-state index in [1.165, 1.54) is 4.57 Å². The Kier molecular flexibility index (Phi) is 7.74. The number of H-pyrrole nitrogens is 1. The average Bonchev–Trinajstić information content (AvgIpc) is 3.73. The summed E-state index contributed by atoms with van der Waals surface area (Å²) in [6, 6.07) is 14.4. The van der Waals surface area contributed by atoms with E-state index in [4.69, 9.17) is 14.2 Å². The van der Waals surface area contributed by atoms with Crippen molar-refractivity contribution in [3.05, 3.63) is 71.3 Å². The van der Waals surface area contributed by atoms with Crippen molar-refractivity contribution in [3.63, 3.8) is 0 Å². The number of piperidine rings is 1. The van der Waals surface area contributed by atoms with Gasteiger partial charge < -0.3 is 29.1 Å². The lowest BCUT2D eigenvalue weighted by atomic mass is 10.0. The second kappa shape index (κ2) is 11.6. The highest BCUT2D eigenvalue weighted by atomic mass is 32.2. The number of pyridine rings is 1. The lowest BCUT2D eigenvalue weighted by Crippen LogP contribution is -2.33. The van der Waals surface area contributed by atoms with Crippen LogP contribution in [0.4, 0.5) is 5.69 Å². The normalized spacial score (nSPS) is 16.1. The van der Waals surface area contributed by atoms with Crippen molar-refractivity contribution in [2.75, 3.05) is 31.0 Å². The second-order valence-electron chi connectivity index (χ2n) is 10.5. The van der Waals surface area contributed by atoms with Crippen molar-refractivity contribution in [2.45, 2.75) is 37.0 Å². The Bertz CT molecular complexity index is 1700. The van der Waals surface area contributed by atoms with Crippen LogP contribution in [0, 0.1) is 0 Å². The maximum atomic E-state index is 12.7. The van der Waals surface area contributed by atoms with Gasteiger partial charge in [-0.05, 0) is 75.2 Å². The highest BCUT2D eigenvalue weighted by molar-refractivity contribution is 7.93. The van der Waals surface area contributed by atoms with Crippen molar-refractivity contribution < 1.29 is 22.6 Å². The SMILES string of the molecule is Cn1cc(-c2cc(NS(=O)(=O)C3CC3)ccc2Oc2cccc(OCCOC3CCNCC3)c2)c2cc[nH]c2c1=O. The smallest absolute Gasteiger partial charge is 0.274 e. The molecule has 11 heteroatoms. The number of aromatic nitrogens is 2. The number of rotatable bonds is 11. The molecule has 2 fully saturated rings. The number of nitrogens with one attached hydrogen (secondary N) is 3. The molecule has 6 rings (SSSR count). The first-order valence-electron chi connectivity index (χ1n) is 13.9. The van der Waals surface area contributed by atoms with Gasteiger partial charge in [-0.15, -0.1) is 0 Å². The van der Waals surface area contributed by atoms with Gasteiger partial charge in [-0.2, -0.15) is 0 Å². The Morgan fingerprint density at radius 2 is 1.78 bits per heavy atom. The van der Waals surface area contributed by atoms with Crippen LogP contribution in [0.25, 0.3) is 22.0 Å². The van der Waals surface area contributed by atoms with Gasteiger partial charge in [0.15, 0.2) is 0 Å². The van der Waals surface area contributed by atoms with Gasteiger partial charge in [0.2, 0.25) is 10.0 Å². The molecule has 1 saturated heterocycles. The molecule has 0 radical (unpaired) electrons. The van der Waals surface area contributed by atoms with E-state index in [1.54, 1.807) is 37.6 Å². The van der Waals surface area contributed by atoms with Crippen LogP contribution in [-0.2, 0) is 21.8 Å². The number of benzene rings is 2. The molecule has 41 heavy (non-hydrogen) atoms. The summed E-state index contributed by atoms with van der Waals surface area (Å²) < 4.78 is 47.8. The zero-order valence-electron chi connectivity index (χ0n) is 22.9. The van der Waals surface area contributed by atoms with E-state index in [-0.39, 0.29) is 16.9 Å². The Labute approximate surface area is 238 Å². The van der Waals surface area contributed by atoms with Gasteiger partial charge in [0.05, 0.1) is 18.0 Å². The summed E-state index contributed by atoms with van der Waals surface area (Å²) in [5.41, 5.74) is 2.11. The van der Waals surface area contributed by atoms with Gasteiger partial charge in [-0.3, -0.25) is 9.52 Å². The highest BCUT2D eigenvalue weighted by Crippen LogP contribution is 2.39. The molecular formula is C30H34N4O6S. The fraction of sp³-hybridized carbons (Fsp3) is 0.367. The quantitative estimate of drug-likeness (QED) is 0.226. The molecule has 4 aromatic rings. The van der Waals surface area contributed by atoms with Crippen molar-refractivity contribution >= 4 is 26.6 Å². The molecule has 3 heterocycles. The van der Waals surface area contributed by atoms with Gasteiger partial charge in [0.1, 0.15) is 29.4 Å². The van der Waals surface area contributed by atoms with Crippen LogP contribution < -0.4 is 25.1 Å². The fourth-order valence-electron chi connectivity index (χ4n) is 5.09. The number of fused-ring (bicyclic) bond motifs is 1. The lowest BCUT2D eigenvalue weighted by Gasteiger charge is -2.22. The Morgan fingerprint density at radius 1 is 0.976 bits per heavy atom. The van der Waals surface area contributed by atoms with Crippen LogP contribution >= 0.6 is 0 Å². The van der Waals surface area contributed by atoms with E-state index in [0.29, 0.717) is 65.5 Å². The highest BCUT2D eigenvalue weighted by Gasteiger charge is 2.35. The molecule has 3 N–H and O–H groups in total. The van der Waals surface area contributed by atoms with Crippen LogP contribution in [0.3, 0.4) is 0 Å². The first-order chi connectivity index (χ1) is 19.9. The zero-order chi connectivity index (χ0) is 28.4. The van der Waals surface area contributed by atoms with E-state index in [0.717, 1.165) is 31.5 Å². The van der Waals surface area contributed by atoms with Crippen molar-refractivity contribution in [1.82, 2.24) is 14.9 Å². The minimum atomic E-state index is -3.46. The number of ether oxygens (including phenoxy) is 3. The molecule has 1 saturated carbocycles. The minimum Gasteiger partial charge on any atom is -0.491 e. The van der Waals surface area contributed by atoms with Crippen LogP contribution in [0.1, 0.15) is 25.7 Å². The van der Waals surface area contributed by atoms with Gasteiger partial charge >= 0.3 is 0 Å². The molecule has 1 aliphatic carbocycles. The summed E-state index contributed by atoms with van der Waals surface area (Å²) in [7, 11) is -1.78. The number of aromatic amines is 1. The standard InChI is InChI=1S/C30H34N4O6S/c1-34-19-27(25-11-14-32-29(25)30(34)35)26-17-20(33-41(36,37)24-6-7-24)5-8-28(26)40-23-4-2-3-22(18-23)39-16-15-38-21-9-12-31-13-10-21/h2-5,8,11,14,17-19,21,24,31-33H,6-7,9-10,12-13,15-16H2,1H3. The molecule has 0 amide bonds. The van der Waals surface area contributed by atoms with Crippen LogP contribution in [0.2, 0.25) is 0 Å². The average molecular weight is 579 g/mol. The number of nitrogens with zero attached hydrogens (tertiary/aromatic N) is 1. The molecule has 1 aliphatic heterocycles. The molecule has 0 atom stereocenters. The third kappa shape index (κ3) is 6.27. The Balaban J connectivity index is 1.26. The summed E-state index contributed by atoms with van der Waals surface area (Å²) in [6.07, 6.45) is 7.07. The van der Waals surface area contributed by atoms with Crippen molar-refractivity contribution in [1.29, 1.82) is 0 Å². The maximum Gasteiger partial charge on any atom is 0.274 e. The second-order valence-corrected chi connectivity index (χ2v) is 12.5. The van der Waals surface area contributed by atoms with Gasteiger partial charge in [-0.25, -0.2) is 8.42 Å². The van der Waals surface area contributed by atoms with E-state index in [9.17, 15) is 13.2 Å². The molecule has 216 valence electrons. The number of hydrogen-bond acceptors (Lipinski definition) is 7. The lowest BCUT2D eigenvalue weighted by molar-refractivity contribution is 0.0168. The van der Waals surface area contributed by atoms with Gasteiger partial charge in [0, 0.05) is 47.7 Å². The number of aryl methyl sites for hydroxylation is 1. The first-order valence-corrected chi connectivity index (χ1v) is 15.5. The Hall–Kier alpha value is -3.80. The number of anilines is 1. The fourth-order valence-corrected chi connectivity index (χ4v) is 6.47. The van der Waals surface area contributed by atoms with E-state index in [1.807, 2.05) is 30.3 Å². The summed E-state index contributed by atoms with van der Waals surface area (Å²) in [5.74, 6) is 1.72. The van der Waals surface area contributed by atoms with Crippen molar-refractivity contribution in [2.24, 2.45) is 7.05 Å². The predicted octanol–water partition coefficient (Wildman–Crippen LogP) is 4.38. The molecule has 2 aromatic heterocycles. The molecule has 2 aromatic carbocycles. The van der Waals surface area contributed by atoms with E-state index < -0.39 is 10.0 Å².